The summed E-state index contributed by atoms with van der Waals surface area (Å²) in [7, 11) is -3.60. The van der Waals surface area contributed by atoms with Crippen LogP contribution in [0.15, 0.2) is 27.6 Å². The maximum Gasteiger partial charge on any atom is 0.243 e. The van der Waals surface area contributed by atoms with E-state index in [9.17, 15) is 12.8 Å². The topological polar surface area (TPSA) is 63.4 Å². The fraction of sp³-hybridized carbons (Fsp3) is 0.455. The van der Waals surface area contributed by atoms with E-state index in [-0.39, 0.29) is 27.7 Å². The number of hydrogen-bond donors (Lipinski definition) is 1. The summed E-state index contributed by atoms with van der Waals surface area (Å²) in [6.45, 7) is 1.33. The van der Waals surface area contributed by atoms with Crippen molar-refractivity contribution in [3.63, 3.8) is 0 Å². The van der Waals surface area contributed by atoms with Crippen LogP contribution in [0.2, 0.25) is 0 Å². The van der Waals surface area contributed by atoms with E-state index >= 15 is 0 Å². The quantitative estimate of drug-likeness (QED) is 0.881. The van der Waals surface area contributed by atoms with Crippen LogP contribution in [0.3, 0.4) is 0 Å². The van der Waals surface area contributed by atoms with Gasteiger partial charge in [-0.05, 0) is 53.0 Å². The molecule has 0 aromatic heterocycles. The normalized spacial score (nSPS) is 20.3. The number of hydrogen-bond acceptors (Lipinski definition) is 3. The third-order valence-corrected chi connectivity index (χ3v) is 5.62. The van der Waals surface area contributed by atoms with Crippen LogP contribution in [-0.2, 0) is 10.0 Å². The Hall–Kier alpha value is -0.210. The molecule has 1 fully saturated rings. The molecule has 2 N–H and O–H groups in total. The van der Waals surface area contributed by atoms with Gasteiger partial charge in [0.2, 0.25) is 10.0 Å². The Bertz CT molecular complexity index is 556. The standard InChI is InChI=1S/C11H14BrFN2O2S.ClH/c12-10-2-1-9(5-11(10)13)18(16,17)15-4-3-8(6-14)7-15;/h1-2,5,8H,3-4,6-7,14H2;1H. The maximum atomic E-state index is 13.4. The van der Waals surface area contributed by atoms with E-state index in [0.29, 0.717) is 19.6 Å². The molecule has 1 aliphatic rings. The van der Waals surface area contributed by atoms with Gasteiger partial charge in [-0.3, -0.25) is 0 Å². The molecule has 0 aliphatic carbocycles. The molecule has 1 aromatic rings. The lowest BCUT2D eigenvalue weighted by molar-refractivity contribution is 0.458. The SMILES string of the molecule is Cl.NCC1CCN(S(=O)(=O)c2ccc(Br)c(F)c2)C1. The van der Waals surface area contributed by atoms with Gasteiger partial charge in [0.1, 0.15) is 5.82 Å². The third kappa shape index (κ3) is 3.46. The molecule has 0 amide bonds. The van der Waals surface area contributed by atoms with Crippen molar-refractivity contribution in [2.24, 2.45) is 11.7 Å². The van der Waals surface area contributed by atoms with Gasteiger partial charge in [-0.1, -0.05) is 0 Å². The number of sulfonamides is 1. The van der Waals surface area contributed by atoms with Crippen LogP contribution in [0.25, 0.3) is 0 Å². The zero-order valence-electron chi connectivity index (χ0n) is 10.1. The lowest BCUT2D eigenvalue weighted by Gasteiger charge is -2.16. The van der Waals surface area contributed by atoms with Crippen LogP contribution < -0.4 is 5.73 Å². The molecule has 1 unspecified atom stereocenters. The van der Waals surface area contributed by atoms with Gasteiger partial charge in [0.15, 0.2) is 0 Å². The van der Waals surface area contributed by atoms with E-state index in [0.717, 1.165) is 12.5 Å². The van der Waals surface area contributed by atoms with Crippen molar-refractivity contribution in [3.05, 3.63) is 28.5 Å². The minimum Gasteiger partial charge on any atom is -0.330 e. The molecule has 8 heteroatoms. The highest BCUT2D eigenvalue weighted by Crippen LogP contribution is 2.26. The van der Waals surface area contributed by atoms with Crippen molar-refractivity contribution < 1.29 is 12.8 Å². The molecule has 1 aliphatic heterocycles. The smallest absolute Gasteiger partial charge is 0.243 e. The third-order valence-electron chi connectivity index (χ3n) is 3.11. The number of benzene rings is 1. The minimum atomic E-state index is -3.60. The Morgan fingerprint density at radius 3 is 2.68 bits per heavy atom. The molecule has 108 valence electrons. The Morgan fingerprint density at radius 1 is 1.47 bits per heavy atom. The van der Waals surface area contributed by atoms with Crippen molar-refractivity contribution in [1.82, 2.24) is 4.31 Å². The first-order valence-corrected chi connectivity index (χ1v) is 7.83. The largest absolute Gasteiger partial charge is 0.330 e. The summed E-state index contributed by atoms with van der Waals surface area (Å²) in [6.07, 6.45) is 0.759. The van der Waals surface area contributed by atoms with E-state index in [1.54, 1.807) is 0 Å². The van der Waals surface area contributed by atoms with Crippen molar-refractivity contribution in [3.8, 4) is 0 Å². The monoisotopic (exact) mass is 372 g/mol. The lowest BCUT2D eigenvalue weighted by Crippen LogP contribution is -2.30. The number of halogens is 3. The molecule has 1 saturated heterocycles. The molecule has 1 heterocycles. The molecule has 1 atom stereocenters. The first-order valence-electron chi connectivity index (χ1n) is 5.60. The van der Waals surface area contributed by atoms with Gasteiger partial charge in [0.05, 0.1) is 9.37 Å². The van der Waals surface area contributed by atoms with E-state index in [1.165, 1.54) is 16.4 Å². The van der Waals surface area contributed by atoms with E-state index in [2.05, 4.69) is 15.9 Å². The number of nitrogens with zero attached hydrogens (tertiary/aromatic N) is 1. The molecular formula is C11H15BrClFN2O2S. The molecule has 1 aromatic carbocycles. The zero-order chi connectivity index (χ0) is 13.3. The highest BCUT2D eigenvalue weighted by Gasteiger charge is 2.32. The number of rotatable bonds is 3. The Kier molecular flexibility index (Phi) is 5.76. The second-order valence-electron chi connectivity index (χ2n) is 4.33. The zero-order valence-corrected chi connectivity index (χ0v) is 13.3. The van der Waals surface area contributed by atoms with Crippen LogP contribution in [0.5, 0.6) is 0 Å². The van der Waals surface area contributed by atoms with Gasteiger partial charge in [0, 0.05) is 13.1 Å². The van der Waals surface area contributed by atoms with Crippen LogP contribution in [0.1, 0.15) is 6.42 Å². The average Bonchev–Trinajstić information content (AvgIpc) is 2.81. The Morgan fingerprint density at radius 2 is 2.16 bits per heavy atom. The molecule has 4 nitrogen and oxygen atoms in total. The molecular weight excluding hydrogens is 359 g/mol. The lowest BCUT2D eigenvalue weighted by atomic mass is 10.1. The van der Waals surface area contributed by atoms with Gasteiger partial charge >= 0.3 is 0 Å². The van der Waals surface area contributed by atoms with E-state index in [1.807, 2.05) is 0 Å². The minimum absolute atomic E-state index is 0. The summed E-state index contributed by atoms with van der Waals surface area (Å²) in [5, 5.41) is 0. The van der Waals surface area contributed by atoms with Crippen LogP contribution in [0, 0.1) is 11.7 Å². The Balaban J connectivity index is 0.00000180. The number of nitrogens with two attached hydrogens (primary N) is 1. The molecule has 0 saturated carbocycles. The fourth-order valence-electron chi connectivity index (χ4n) is 1.99. The van der Waals surface area contributed by atoms with Crippen LogP contribution >= 0.6 is 28.3 Å². The molecule has 19 heavy (non-hydrogen) atoms. The van der Waals surface area contributed by atoms with Crippen molar-refractivity contribution in [2.45, 2.75) is 11.3 Å². The second kappa shape index (κ2) is 6.49. The highest BCUT2D eigenvalue weighted by molar-refractivity contribution is 9.10. The summed E-state index contributed by atoms with van der Waals surface area (Å²) in [5.74, 6) is -0.384. The maximum absolute atomic E-state index is 13.4. The van der Waals surface area contributed by atoms with Gasteiger partial charge in [-0.15, -0.1) is 12.4 Å². The summed E-state index contributed by atoms with van der Waals surface area (Å²) in [5.41, 5.74) is 5.53. The molecule has 0 bridgehead atoms. The first kappa shape index (κ1) is 16.8. The van der Waals surface area contributed by atoms with Gasteiger partial charge in [-0.25, -0.2) is 12.8 Å². The van der Waals surface area contributed by atoms with Crippen molar-refractivity contribution in [1.29, 1.82) is 0 Å². The fourth-order valence-corrected chi connectivity index (χ4v) is 3.78. The molecule has 2 rings (SSSR count). The van der Waals surface area contributed by atoms with E-state index < -0.39 is 15.8 Å². The molecule has 0 spiro atoms. The Labute approximate surface area is 126 Å². The van der Waals surface area contributed by atoms with Gasteiger partial charge < -0.3 is 5.73 Å². The van der Waals surface area contributed by atoms with Crippen molar-refractivity contribution in [2.75, 3.05) is 19.6 Å². The summed E-state index contributed by atoms with van der Waals surface area (Å²) < 4.78 is 39.5. The summed E-state index contributed by atoms with van der Waals surface area (Å²) >= 11 is 3.00. The summed E-state index contributed by atoms with van der Waals surface area (Å²) in [4.78, 5) is -0.0131. The van der Waals surface area contributed by atoms with Gasteiger partial charge in [0.25, 0.3) is 0 Å². The predicted molar refractivity (Wildman–Crippen MR) is 77.3 cm³/mol. The van der Waals surface area contributed by atoms with Gasteiger partial charge in [-0.2, -0.15) is 4.31 Å². The highest BCUT2D eigenvalue weighted by atomic mass is 79.9. The van der Waals surface area contributed by atoms with Crippen molar-refractivity contribution >= 4 is 38.4 Å². The van der Waals surface area contributed by atoms with E-state index in [4.69, 9.17) is 5.73 Å². The van der Waals surface area contributed by atoms with Crippen LogP contribution in [-0.4, -0.2) is 32.4 Å². The first-order chi connectivity index (χ1) is 8.45. The predicted octanol–water partition coefficient (Wildman–Crippen LogP) is 1.98. The second-order valence-corrected chi connectivity index (χ2v) is 7.12. The summed E-state index contributed by atoms with van der Waals surface area (Å²) in [6, 6.07) is 3.84. The molecule has 0 radical (unpaired) electrons. The van der Waals surface area contributed by atoms with Crippen LogP contribution in [0.4, 0.5) is 4.39 Å². The average molecular weight is 374 g/mol.